The summed E-state index contributed by atoms with van der Waals surface area (Å²) < 4.78 is 45.3. The summed E-state index contributed by atoms with van der Waals surface area (Å²) in [4.78, 5) is 14.1. The summed E-state index contributed by atoms with van der Waals surface area (Å²) in [6, 6.07) is 10.8. The van der Waals surface area contributed by atoms with E-state index < -0.39 is 21.8 Å². The van der Waals surface area contributed by atoms with Crippen LogP contribution in [0.25, 0.3) is 0 Å². The van der Waals surface area contributed by atoms with Gasteiger partial charge in [-0.2, -0.15) is 4.31 Å². The molecular formula is C19H21FN2O4S. The predicted molar refractivity (Wildman–Crippen MR) is 99.9 cm³/mol. The first-order valence-electron chi connectivity index (χ1n) is 8.53. The Bertz CT molecular complexity index is 954. The number of para-hydroxylation sites is 1. The first-order valence-corrected chi connectivity index (χ1v) is 9.97. The third-order valence-corrected chi connectivity index (χ3v) is 6.70. The Labute approximate surface area is 158 Å². The van der Waals surface area contributed by atoms with Crippen molar-refractivity contribution in [2.75, 3.05) is 38.2 Å². The number of esters is 1. The average Bonchev–Trinajstić information content (AvgIpc) is 2.67. The lowest BCUT2D eigenvalue weighted by molar-refractivity contribution is 0.0601. The number of aryl methyl sites for hydroxylation is 1. The van der Waals surface area contributed by atoms with Crippen LogP contribution >= 0.6 is 0 Å². The van der Waals surface area contributed by atoms with Gasteiger partial charge >= 0.3 is 5.97 Å². The number of benzene rings is 2. The van der Waals surface area contributed by atoms with Crippen LogP contribution in [0.3, 0.4) is 0 Å². The monoisotopic (exact) mass is 392 g/mol. The topological polar surface area (TPSA) is 66.9 Å². The lowest BCUT2D eigenvalue weighted by Gasteiger charge is -2.36. The molecular weight excluding hydrogens is 371 g/mol. The van der Waals surface area contributed by atoms with Crippen LogP contribution in [0.5, 0.6) is 0 Å². The summed E-state index contributed by atoms with van der Waals surface area (Å²) in [6.45, 7) is 3.00. The summed E-state index contributed by atoms with van der Waals surface area (Å²) in [5, 5.41) is 0. The standard InChI is InChI=1S/C19H21FN2O4S/c1-14-13-15(20)7-8-18(14)27(24,25)22-11-9-21(10-12-22)17-6-4-3-5-16(17)19(23)26-2/h3-8,13H,9-12H2,1-2H3. The number of carbonyl (C=O) groups excluding carboxylic acids is 1. The van der Waals surface area contributed by atoms with Gasteiger partial charge in [-0.1, -0.05) is 12.1 Å². The van der Waals surface area contributed by atoms with E-state index in [2.05, 4.69) is 0 Å². The molecule has 0 radical (unpaired) electrons. The number of sulfonamides is 1. The van der Waals surface area contributed by atoms with Crippen LogP contribution in [0.15, 0.2) is 47.4 Å². The van der Waals surface area contributed by atoms with Crippen molar-refractivity contribution in [2.45, 2.75) is 11.8 Å². The zero-order valence-corrected chi connectivity index (χ0v) is 16.0. The van der Waals surface area contributed by atoms with Crippen LogP contribution < -0.4 is 4.90 Å². The quantitative estimate of drug-likeness (QED) is 0.748. The van der Waals surface area contributed by atoms with Crippen molar-refractivity contribution < 1.29 is 22.3 Å². The molecule has 1 fully saturated rings. The van der Waals surface area contributed by atoms with Gasteiger partial charge in [0.2, 0.25) is 10.0 Å². The maximum absolute atomic E-state index is 13.3. The van der Waals surface area contributed by atoms with Gasteiger partial charge in [-0.05, 0) is 42.8 Å². The highest BCUT2D eigenvalue weighted by atomic mass is 32.2. The van der Waals surface area contributed by atoms with E-state index in [1.54, 1.807) is 19.1 Å². The van der Waals surface area contributed by atoms with Crippen molar-refractivity contribution >= 4 is 21.7 Å². The minimum absolute atomic E-state index is 0.118. The summed E-state index contributed by atoms with van der Waals surface area (Å²) in [5.41, 5.74) is 1.55. The molecule has 0 spiro atoms. The number of carbonyl (C=O) groups is 1. The van der Waals surface area contributed by atoms with Crippen LogP contribution in [0.4, 0.5) is 10.1 Å². The van der Waals surface area contributed by atoms with Crippen LogP contribution in [0.2, 0.25) is 0 Å². The number of halogens is 1. The molecule has 6 nitrogen and oxygen atoms in total. The molecule has 0 unspecified atom stereocenters. The number of rotatable bonds is 4. The molecule has 0 saturated carbocycles. The molecule has 1 saturated heterocycles. The number of nitrogens with zero attached hydrogens (tertiary/aromatic N) is 2. The largest absolute Gasteiger partial charge is 0.465 e. The van der Waals surface area contributed by atoms with E-state index in [-0.39, 0.29) is 18.0 Å². The predicted octanol–water partition coefficient (Wildman–Crippen LogP) is 2.43. The van der Waals surface area contributed by atoms with E-state index in [1.807, 2.05) is 17.0 Å². The molecule has 1 aliphatic rings. The van der Waals surface area contributed by atoms with Crippen molar-refractivity contribution in [3.8, 4) is 0 Å². The minimum atomic E-state index is -3.70. The third-order valence-electron chi connectivity index (χ3n) is 4.64. The summed E-state index contributed by atoms with van der Waals surface area (Å²) in [7, 11) is -2.37. The smallest absolute Gasteiger partial charge is 0.339 e. The Morgan fingerprint density at radius 2 is 1.74 bits per heavy atom. The highest BCUT2D eigenvalue weighted by Crippen LogP contribution is 2.26. The maximum atomic E-state index is 13.3. The molecule has 0 amide bonds. The van der Waals surface area contributed by atoms with E-state index >= 15 is 0 Å². The van der Waals surface area contributed by atoms with Gasteiger partial charge in [-0.15, -0.1) is 0 Å². The molecule has 0 bridgehead atoms. The molecule has 2 aromatic carbocycles. The van der Waals surface area contributed by atoms with Gasteiger partial charge in [0.05, 0.1) is 23.3 Å². The Hall–Kier alpha value is -2.45. The van der Waals surface area contributed by atoms with Crippen LogP contribution in [-0.4, -0.2) is 52.0 Å². The molecule has 0 aliphatic carbocycles. The van der Waals surface area contributed by atoms with E-state index in [0.717, 1.165) is 11.8 Å². The lowest BCUT2D eigenvalue weighted by Crippen LogP contribution is -2.49. The Balaban J connectivity index is 1.79. The second-order valence-electron chi connectivity index (χ2n) is 6.31. The second kappa shape index (κ2) is 7.66. The first-order chi connectivity index (χ1) is 12.8. The van der Waals surface area contributed by atoms with Crippen LogP contribution in [-0.2, 0) is 14.8 Å². The number of ether oxygens (including phenoxy) is 1. The Kier molecular flexibility index (Phi) is 5.48. The minimum Gasteiger partial charge on any atom is -0.465 e. The highest BCUT2D eigenvalue weighted by Gasteiger charge is 2.30. The Morgan fingerprint density at radius 1 is 1.07 bits per heavy atom. The molecule has 8 heteroatoms. The zero-order chi connectivity index (χ0) is 19.6. The summed E-state index contributed by atoms with van der Waals surface area (Å²) in [5.74, 6) is -0.890. The highest BCUT2D eigenvalue weighted by molar-refractivity contribution is 7.89. The van der Waals surface area contributed by atoms with Gasteiger partial charge in [-0.25, -0.2) is 17.6 Å². The van der Waals surface area contributed by atoms with E-state index in [9.17, 15) is 17.6 Å². The molecule has 1 aliphatic heterocycles. The lowest BCUT2D eigenvalue weighted by atomic mass is 10.1. The number of anilines is 1. The van der Waals surface area contributed by atoms with Gasteiger partial charge in [0, 0.05) is 26.2 Å². The van der Waals surface area contributed by atoms with Crippen molar-refractivity contribution in [2.24, 2.45) is 0 Å². The molecule has 2 aromatic rings. The molecule has 0 N–H and O–H groups in total. The molecule has 144 valence electrons. The van der Waals surface area contributed by atoms with E-state index in [1.165, 1.54) is 23.5 Å². The first kappa shape index (κ1) is 19.3. The van der Waals surface area contributed by atoms with Crippen LogP contribution in [0, 0.1) is 12.7 Å². The maximum Gasteiger partial charge on any atom is 0.339 e. The number of hydrogen-bond acceptors (Lipinski definition) is 5. The van der Waals surface area contributed by atoms with Crippen LogP contribution in [0.1, 0.15) is 15.9 Å². The molecule has 0 aromatic heterocycles. The summed E-state index contributed by atoms with van der Waals surface area (Å²) in [6.07, 6.45) is 0. The average molecular weight is 392 g/mol. The van der Waals surface area contributed by atoms with Gasteiger partial charge in [-0.3, -0.25) is 0 Å². The fraction of sp³-hybridized carbons (Fsp3) is 0.316. The fourth-order valence-electron chi connectivity index (χ4n) is 3.24. The van der Waals surface area contributed by atoms with E-state index in [4.69, 9.17) is 4.74 Å². The van der Waals surface area contributed by atoms with Gasteiger partial charge in [0.1, 0.15) is 5.82 Å². The SMILES string of the molecule is COC(=O)c1ccccc1N1CCN(S(=O)(=O)c2ccc(F)cc2C)CC1. The number of hydrogen-bond donors (Lipinski definition) is 0. The summed E-state index contributed by atoms with van der Waals surface area (Å²) >= 11 is 0. The van der Waals surface area contributed by atoms with E-state index in [0.29, 0.717) is 24.2 Å². The zero-order valence-electron chi connectivity index (χ0n) is 15.2. The van der Waals surface area contributed by atoms with Gasteiger partial charge in [0.15, 0.2) is 0 Å². The fourth-order valence-corrected chi connectivity index (χ4v) is 4.87. The van der Waals surface area contributed by atoms with Crippen molar-refractivity contribution in [3.63, 3.8) is 0 Å². The number of piperazine rings is 1. The van der Waals surface area contributed by atoms with Crippen molar-refractivity contribution in [1.82, 2.24) is 4.31 Å². The van der Waals surface area contributed by atoms with Crippen molar-refractivity contribution in [3.05, 3.63) is 59.4 Å². The normalized spacial score (nSPS) is 15.6. The molecule has 1 heterocycles. The van der Waals surface area contributed by atoms with Crippen molar-refractivity contribution in [1.29, 1.82) is 0 Å². The third kappa shape index (κ3) is 3.81. The molecule has 27 heavy (non-hydrogen) atoms. The Morgan fingerprint density at radius 3 is 2.37 bits per heavy atom. The van der Waals surface area contributed by atoms with Gasteiger partial charge in [0.25, 0.3) is 0 Å². The number of methoxy groups -OCH3 is 1. The second-order valence-corrected chi connectivity index (χ2v) is 8.22. The molecule has 3 rings (SSSR count). The molecule has 0 atom stereocenters. The van der Waals surface area contributed by atoms with Gasteiger partial charge < -0.3 is 9.64 Å².